The molecule has 19 heavy (non-hydrogen) atoms. The molecule has 9 heteroatoms. The Bertz CT molecular complexity index is 677. The van der Waals surface area contributed by atoms with Crippen LogP contribution in [0.25, 0.3) is 10.2 Å². The first kappa shape index (κ1) is 13.9. The number of thiazole rings is 1. The molecule has 1 aromatic carbocycles. The van der Waals surface area contributed by atoms with Crippen molar-refractivity contribution >= 4 is 37.5 Å². The van der Waals surface area contributed by atoms with Crippen LogP contribution in [0.3, 0.4) is 0 Å². The molecule has 102 valence electrons. The van der Waals surface area contributed by atoms with Crippen LogP contribution in [0, 0.1) is 0 Å². The van der Waals surface area contributed by atoms with Crippen LogP contribution in [0.4, 0.5) is 0 Å². The summed E-state index contributed by atoms with van der Waals surface area (Å²) >= 11 is 0.973. The Labute approximate surface area is 113 Å². The van der Waals surface area contributed by atoms with Gasteiger partial charge in [-0.1, -0.05) is 12.1 Å². The Morgan fingerprint density at radius 3 is 2.74 bits per heavy atom. The fraction of sp³-hybridized carbons (Fsp3) is 0.200. The van der Waals surface area contributed by atoms with E-state index in [4.69, 9.17) is 10.8 Å². The number of aromatic nitrogens is 1. The standard InChI is InChI=1S/C10H11N3O4S2/c11-5-7(9(14)15)13-19(16,17)10-12-6-3-1-2-4-8(6)18-10/h1-4,7,13H,5,11H2,(H,14,15). The summed E-state index contributed by atoms with van der Waals surface area (Å²) in [7, 11) is -3.98. The van der Waals surface area contributed by atoms with Gasteiger partial charge in [0.25, 0.3) is 10.0 Å². The number of benzene rings is 1. The molecule has 0 aliphatic carbocycles. The molecule has 0 saturated carbocycles. The minimum absolute atomic E-state index is 0.173. The van der Waals surface area contributed by atoms with Crippen molar-refractivity contribution < 1.29 is 18.3 Å². The second-order valence-corrected chi connectivity index (χ2v) is 6.61. The van der Waals surface area contributed by atoms with Gasteiger partial charge in [-0.15, -0.1) is 11.3 Å². The first-order valence-corrected chi connectivity index (χ1v) is 7.55. The van der Waals surface area contributed by atoms with Gasteiger partial charge in [0.05, 0.1) is 10.2 Å². The van der Waals surface area contributed by atoms with E-state index in [1.54, 1.807) is 24.3 Å². The van der Waals surface area contributed by atoms with Gasteiger partial charge in [0.2, 0.25) is 4.34 Å². The van der Waals surface area contributed by atoms with E-state index in [1.807, 2.05) is 4.72 Å². The average molecular weight is 301 g/mol. The highest BCUT2D eigenvalue weighted by Gasteiger charge is 2.26. The van der Waals surface area contributed by atoms with E-state index in [9.17, 15) is 13.2 Å². The fourth-order valence-corrected chi connectivity index (χ4v) is 3.84. The Morgan fingerprint density at radius 1 is 1.47 bits per heavy atom. The third-order valence-electron chi connectivity index (χ3n) is 2.34. The molecule has 7 nitrogen and oxygen atoms in total. The van der Waals surface area contributed by atoms with Gasteiger partial charge in [0.15, 0.2) is 0 Å². The van der Waals surface area contributed by atoms with Gasteiger partial charge in [-0.2, -0.15) is 4.72 Å². The zero-order valence-electron chi connectivity index (χ0n) is 9.61. The Hall–Kier alpha value is -1.55. The molecule has 0 fully saturated rings. The largest absolute Gasteiger partial charge is 0.480 e. The van der Waals surface area contributed by atoms with Crippen molar-refractivity contribution in [3.05, 3.63) is 24.3 Å². The van der Waals surface area contributed by atoms with Crippen LogP contribution in [0.2, 0.25) is 0 Å². The van der Waals surface area contributed by atoms with Crippen LogP contribution >= 0.6 is 11.3 Å². The lowest BCUT2D eigenvalue weighted by molar-refractivity contribution is -0.138. The van der Waals surface area contributed by atoms with Gasteiger partial charge in [-0.3, -0.25) is 4.79 Å². The summed E-state index contributed by atoms with van der Waals surface area (Å²) in [5.74, 6) is -1.33. The summed E-state index contributed by atoms with van der Waals surface area (Å²) in [4.78, 5) is 14.8. The van der Waals surface area contributed by atoms with Gasteiger partial charge in [-0.25, -0.2) is 13.4 Å². The summed E-state index contributed by atoms with van der Waals surface area (Å²) in [5, 5.41) is 8.80. The Kier molecular flexibility index (Phi) is 3.80. The van der Waals surface area contributed by atoms with Crippen LogP contribution in [0.15, 0.2) is 28.6 Å². The van der Waals surface area contributed by atoms with Crippen molar-refractivity contribution in [1.29, 1.82) is 0 Å². The number of hydrogen-bond donors (Lipinski definition) is 3. The second-order valence-electron chi connectivity index (χ2n) is 3.70. The summed E-state index contributed by atoms with van der Waals surface area (Å²) in [6.07, 6.45) is 0. The van der Waals surface area contributed by atoms with Crippen molar-refractivity contribution in [3.63, 3.8) is 0 Å². The van der Waals surface area contributed by atoms with E-state index in [0.717, 1.165) is 11.3 Å². The molecule has 1 unspecified atom stereocenters. The maximum Gasteiger partial charge on any atom is 0.323 e. The number of para-hydroxylation sites is 1. The van der Waals surface area contributed by atoms with Gasteiger partial charge >= 0.3 is 5.97 Å². The molecule has 0 bridgehead atoms. The number of sulfonamides is 1. The van der Waals surface area contributed by atoms with Gasteiger partial charge in [0, 0.05) is 6.54 Å². The molecule has 0 spiro atoms. The SMILES string of the molecule is NCC(NS(=O)(=O)c1nc2ccccc2s1)C(=O)O. The van der Waals surface area contributed by atoms with Crippen LogP contribution < -0.4 is 10.5 Å². The molecule has 4 N–H and O–H groups in total. The van der Waals surface area contributed by atoms with Gasteiger partial charge < -0.3 is 10.8 Å². The molecule has 1 aromatic heterocycles. The highest BCUT2D eigenvalue weighted by atomic mass is 32.2. The Balaban J connectivity index is 2.36. The number of carboxylic acid groups (broad SMARTS) is 1. The monoisotopic (exact) mass is 301 g/mol. The molecule has 1 atom stereocenters. The van der Waals surface area contributed by atoms with Crippen molar-refractivity contribution in [3.8, 4) is 0 Å². The highest BCUT2D eigenvalue weighted by Crippen LogP contribution is 2.24. The minimum Gasteiger partial charge on any atom is -0.480 e. The summed E-state index contributed by atoms with van der Waals surface area (Å²) in [5.41, 5.74) is 5.76. The Morgan fingerprint density at radius 2 is 2.16 bits per heavy atom. The third-order valence-corrected chi connectivity index (χ3v) is 5.22. The molecule has 2 rings (SSSR count). The molecule has 1 heterocycles. The van der Waals surface area contributed by atoms with E-state index < -0.39 is 22.0 Å². The van der Waals surface area contributed by atoms with E-state index >= 15 is 0 Å². The zero-order valence-corrected chi connectivity index (χ0v) is 11.2. The zero-order chi connectivity index (χ0) is 14.0. The smallest absolute Gasteiger partial charge is 0.323 e. The van der Waals surface area contributed by atoms with Crippen LogP contribution in [-0.4, -0.2) is 37.1 Å². The predicted molar refractivity (Wildman–Crippen MR) is 70.4 cm³/mol. The molecular weight excluding hydrogens is 290 g/mol. The van der Waals surface area contributed by atoms with Crippen molar-refractivity contribution in [2.75, 3.05) is 6.54 Å². The normalized spacial score (nSPS) is 13.5. The lowest BCUT2D eigenvalue weighted by Crippen LogP contribution is -2.45. The highest BCUT2D eigenvalue weighted by molar-refractivity contribution is 7.91. The molecule has 0 aliphatic heterocycles. The van der Waals surface area contributed by atoms with E-state index in [2.05, 4.69) is 4.98 Å². The second kappa shape index (κ2) is 5.21. The lowest BCUT2D eigenvalue weighted by Gasteiger charge is -2.10. The number of hydrogen-bond acceptors (Lipinski definition) is 6. The van der Waals surface area contributed by atoms with E-state index in [1.165, 1.54) is 0 Å². The predicted octanol–water partition coefficient (Wildman–Crippen LogP) is -0.0135. The number of aliphatic carboxylic acids is 1. The molecule has 0 aliphatic rings. The van der Waals surface area contributed by atoms with Crippen LogP contribution in [0.5, 0.6) is 0 Å². The molecule has 0 amide bonds. The quantitative estimate of drug-likeness (QED) is 0.713. The van der Waals surface area contributed by atoms with Crippen LogP contribution in [0.1, 0.15) is 0 Å². The average Bonchev–Trinajstić information content (AvgIpc) is 2.80. The summed E-state index contributed by atoms with van der Waals surface area (Å²) in [6.45, 7) is -0.334. The number of rotatable bonds is 5. The van der Waals surface area contributed by atoms with Gasteiger partial charge in [-0.05, 0) is 12.1 Å². The number of nitrogens with zero attached hydrogens (tertiary/aromatic N) is 1. The fourth-order valence-electron chi connectivity index (χ4n) is 1.40. The van der Waals surface area contributed by atoms with Crippen molar-refractivity contribution in [2.45, 2.75) is 10.4 Å². The molecule has 0 saturated heterocycles. The number of nitrogens with one attached hydrogen (secondary N) is 1. The summed E-state index contributed by atoms with van der Waals surface area (Å²) in [6, 6.07) is 5.57. The van der Waals surface area contributed by atoms with E-state index in [0.29, 0.717) is 10.2 Å². The topological polar surface area (TPSA) is 122 Å². The number of nitrogens with two attached hydrogens (primary N) is 1. The maximum absolute atomic E-state index is 12.0. The number of carboxylic acids is 1. The molecule has 2 aromatic rings. The maximum atomic E-state index is 12.0. The van der Waals surface area contributed by atoms with Crippen molar-refractivity contribution in [1.82, 2.24) is 9.71 Å². The first-order chi connectivity index (χ1) is 8.94. The van der Waals surface area contributed by atoms with E-state index in [-0.39, 0.29) is 10.9 Å². The van der Waals surface area contributed by atoms with Crippen LogP contribution in [-0.2, 0) is 14.8 Å². The molecular formula is C10H11N3O4S2. The first-order valence-electron chi connectivity index (χ1n) is 5.25. The van der Waals surface area contributed by atoms with Crippen molar-refractivity contribution in [2.24, 2.45) is 5.73 Å². The van der Waals surface area contributed by atoms with Gasteiger partial charge in [0.1, 0.15) is 6.04 Å². The number of carbonyl (C=O) groups is 1. The third kappa shape index (κ3) is 2.89. The molecule has 0 radical (unpaired) electrons. The summed E-state index contributed by atoms with van der Waals surface area (Å²) < 4.78 is 26.5. The number of fused-ring (bicyclic) bond motifs is 1. The lowest BCUT2D eigenvalue weighted by atomic mass is 10.3. The minimum atomic E-state index is -3.98.